The van der Waals surface area contributed by atoms with E-state index in [-0.39, 0.29) is 23.1 Å². The fraction of sp³-hybridized carbons (Fsp3) is 0.579. The van der Waals surface area contributed by atoms with Crippen molar-refractivity contribution in [2.24, 2.45) is 11.3 Å². The molecule has 3 rings (SSSR count). The molecule has 1 spiro atoms. The van der Waals surface area contributed by atoms with Crippen molar-refractivity contribution < 1.29 is 14.3 Å². The standard InChI is InChI=1S/C19H26N2O3/c1-24-13-11-20-17(22)16-8-5-9-19(16)10-12-21(14-19)18(23)15-6-3-2-4-7-15/h2-4,6-7,16H,5,8-14H2,1H3,(H,20,22). The van der Waals surface area contributed by atoms with E-state index < -0.39 is 0 Å². The predicted molar refractivity (Wildman–Crippen MR) is 91.6 cm³/mol. The maximum absolute atomic E-state index is 12.7. The van der Waals surface area contributed by atoms with E-state index >= 15 is 0 Å². The molecule has 130 valence electrons. The molecule has 1 aliphatic heterocycles. The van der Waals surface area contributed by atoms with Gasteiger partial charge >= 0.3 is 0 Å². The van der Waals surface area contributed by atoms with Gasteiger partial charge in [0.05, 0.1) is 6.61 Å². The number of carbonyl (C=O) groups is 2. The number of nitrogens with zero attached hydrogens (tertiary/aromatic N) is 1. The molecule has 1 saturated carbocycles. The Morgan fingerprint density at radius 1 is 1.29 bits per heavy atom. The van der Waals surface area contributed by atoms with Gasteiger partial charge in [0.2, 0.25) is 5.91 Å². The lowest BCUT2D eigenvalue weighted by molar-refractivity contribution is -0.128. The number of methoxy groups -OCH3 is 1. The summed E-state index contributed by atoms with van der Waals surface area (Å²) < 4.78 is 5.00. The van der Waals surface area contributed by atoms with Crippen molar-refractivity contribution in [3.8, 4) is 0 Å². The summed E-state index contributed by atoms with van der Waals surface area (Å²) in [7, 11) is 1.63. The van der Waals surface area contributed by atoms with Crippen LogP contribution in [-0.4, -0.2) is 50.1 Å². The highest BCUT2D eigenvalue weighted by molar-refractivity contribution is 5.94. The summed E-state index contributed by atoms with van der Waals surface area (Å²) in [5.41, 5.74) is 0.690. The number of hydrogen-bond donors (Lipinski definition) is 1. The van der Waals surface area contributed by atoms with Crippen molar-refractivity contribution in [1.29, 1.82) is 0 Å². The topological polar surface area (TPSA) is 58.6 Å². The molecule has 5 heteroatoms. The van der Waals surface area contributed by atoms with Crippen LogP contribution in [0.5, 0.6) is 0 Å². The summed E-state index contributed by atoms with van der Waals surface area (Å²) in [6, 6.07) is 9.41. The molecular weight excluding hydrogens is 304 g/mol. The van der Waals surface area contributed by atoms with Gasteiger partial charge in [0.25, 0.3) is 5.91 Å². The Morgan fingerprint density at radius 3 is 2.83 bits per heavy atom. The Morgan fingerprint density at radius 2 is 2.08 bits per heavy atom. The number of benzene rings is 1. The van der Waals surface area contributed by atoms with Crippen LogP contribution in [0, 0.1) is 11.3 Å². The van der Waals surface area contributed by atoms with Gasteiger partial charge < -0.3 is 15.0 Å². The summed E-state index contributed by atoms with van der Waals surface area (Å²) in [6.07, 6.45) is 3.95. The first-order valence-corrected chi connectivity index (χ1v) is 8.77. The molecule has 0 aromatic heterocycles. The first-order valence-electron chi connectivity index (χ1n) is 8.77. The van der Waals surface area contributed by atoms with Crippen LogP contribution in [0.3, 0.4) is 0 Å². The maximum Gasteiger partial charge on any atom is 0.253 e. The van der Waals surface area contributed by atoms with Crippen LogP contribution in [0.1, 0.15) is 36.0 Å². The van der Waals surface area contributed by atoms with E-state index in [1.165, 1.54) is 0 Å². The van der Waals surface area contributed by atoms with Crippen molar-refractivity contribution in [3.05, 3.63) is 35.9 Å². The van der Waals surface area contributed by atoms with Crippen LogP contribution in [0.4, 0.5) is 0 Å². The minimum atomic E-state index is -0.0401. The van der Waals surface area contributed by atoms with Gasteiger partial charge in [0.15, 0.2) is 0 Å². The molecule has 1 heterocycles. The molecule has 1 aliphatic carbocycles. The van der Waals surface area contributed by atoms with Gasteiger partial charge in [0.1, 0.15) is 0 Å². The van der Waals surface area contributed by atoms with Crippen LogP contribution in [0.2, 0.25) is 0 Å². The highest BCUT2D eigenvalue weighted by atomic mass is 16.5. The normalized spacial score (nSPS) is 26.0. The Balaban J connectivity index is 1.66. The Labute approximate surface area is 143 Å². The Bertz CT molecular complexity index is 590. The van der Waals surface area contributed by atoms with Crippen LogP contribution in [0.15, 0.2) is 30.3 Å². The van der Waals surface area contributed by atoms with Crippen LogP contribution in [-0.2, 0) is 9.53 Å². The summed E-state index contributed by atoms with van der Waals surface area (Å²) in [6.45, 7) is 2.53. The third-order valence-corrected chi connectivity index (χ3v) is 5.52. The molecule has 2 atom stereocenters. The first-order chi connectivity index (χ1) is 11.7. The number of carbonyl (C=O) groups excluding carboxylic acids is 2. The van der Waals surface area contributed by atoms with Crippen molar-refractivity contribution in [2.45, 2.75) is 25.7 Å². The van der Waals surface area contributed by atoms with Crippen molar-refractivity contribution >= 4 is 11.8 Å². The lowest BCUT2D eigenvalue weighted by Gasteiger charge is -2.30. The molecule has 1 N–H and O–H groups in total. The monoisotopic (exact) mass is 330 g/mol. The quantitative estimate of drug-likeness (QED) is 0.841. The summed E-state index contributed by atoms with van der Waals surface area (Å²) in [5.74, 6) is 0.222. The second kappa shape index (κ2) is 7.34. The first kappa shape index (κ1) is 17.0. The largest absolute Gasteiger partial charge is 0.383 e. The third-order valence-electron chi connectivity index (χ3n) is 5.52. The molecule has 0 radical (unpaired) electrons. The van der Waals surface area contributed by atoms with Gasteiger partial charge in [-0.3, -0.25) is 9.59 Å². The Kier molecular flexibility index (Phi) is 5.19. The molecule has 5 nitrogen and oxygen atoms in total. The van der Waals surface area contributed by atoms with Crippen molar-refractivity contribution in [1.82, 2.24) is 10.2 Å². The molecule has 24 heavy (non-hydrogen) atoms. The van der Waals surface area contributed by atoms with Crippen molar-refractivity contribution in [2.75, 3.05) is 33.4 Å². The van der Waals surface area contributed by atoms with E-state index in [9.17, 15) is 9.59 Å². The summed E-state index contributed by atoms with van der Waals surface area (Å²) in [5, 5.41) is 2.99. The van der Waals surface area contributed by atoms with Gasteiger partial charge in [0, 0.05) is 43.6 Å². The van der Waals surface area contributed by atoms with Crippen molar-refractivity contribution in [3.63, 3.8) is 0 Å². The van der Waals surface area contributed by atoms with Gasteiger partial charge in [-0.1, -0.05) is 24.6 Å². The number of ether oxygens (including phenoxy) is 1. The number of likely N-dealkylation sites (tertiary alicyclic amines) is 1. The van der Waals surface area contributed by atoms with E-state index in [2.05, 4.69) is 5.32 Å². The SMILES string of the molecule is COCCNC(=O)C1CCCC12CCN(C(=O)c1ccccc1)C2. The summed E-state index contributed by atoms with van der Waals surface area (Å²) in [4.78, 5) is 27.2. The Hall–Kier alpha value is -1.88. The van der Waals surface area contributed by atoms with Gasteiger partial charge in [-0.05, 0) is 31.4 Å². The van der Waals surface area contributed by atoms with Gasteiger partial charge in [-0.2, -0.15) is 0 Å². The lowest BCUT2D eigenvalue weighted by atomic mass is 9.76. The number of amides is 2. The lowest BCUT2D eigenvalue weighted by Crippen LogP contribution is -2.42. The molecule has 2 aliphatic rings. The number of hydrogen-bond acceptors (Lipinski definition) is 3. The fourth-order valence-electron chi connectivity index (χ4n) is 4.27. The zero-order valence-electron chi connectivity index (χ0n) is 14.3. The summed E-state index contributed by atoms with van der Waals surface area (Å²) >= 11 is 0. The molecule has 1 aromatic rings. The minimum Gasteiger partial charge on any atom is -0.383 e. The molecule has 2 fully saturated rings. The van der Waals surface area contributed by atoms with Gasteiger partial charge in [-0.25, -0.2) is 0 Å². The average Bonchev–Trinajstić information content (AvgIpc) is 3.23. The van der Waals surface area contributed by atoms with Crippen LogP contribution < -0.4 is 5.32 Å². The van der Waals surface area contributed by atoms with Gasteiger partial charge in [-0.15, -0.1) is 0 Å². The fourth-order valence-corrected chi connectivity index (χ4v) is 4.27. The van der Waals surface area contributed by atoms with E-state index in [0.717, 1.165) is 37.8 Å². The maximum atomic E-state index is 12.7. The smallest absolute Gasteiger partial charge is 0.253 e. The highest BCUT2D eigenvalue weighted by Crippen LogP contribution is 2.50. The zero-order chi connectivity index (χ0) is 17.0. The molecule has 1 saturated heterocycles. The minimum absolute atomic E-state index is 0.0166. The molecule has 2 unspecified atom stereocenters. The average molecular weight is 330 g/mol. The van der Waals surface area contributed by atoms with Crippen LogP contribution in [0.25, 0.3) is 0 Å². The van der Waals surface area contributed by atoms with E-state index in [4.69, 9.17) is 4.74 Å². The molecular formula is C19H26N2O3. The molecule has 2 amide bonds. The number of nitrogens with one attached hydrogen (secondary N) is 1. The zero-order valence-corrected chi connectivity index (χ0v) is 14.3. The van der Waals surface area contributed by atoms with E-state index in [0.29, 0.717) is 19.7 Å². The predicted octanol–water partition coefficient (Wildman–Crippen LogP) is 2.08. The van der Waals surface area contributed by atoms with E-state index in [1.54, 1.807) is 7.11 Å². The van der Waals surface area contributed by atoms with Crippen LogP contribution >= 0.6 is 0 Å². The van der Waals surface area contributed by atoms with E-state index in [1.807, 2.05) is 35.2 Å². The molecule has 0 bridgehead atoms. The number of rotatable bonds is 5. The second-order valence-corrected chi connectivity index (χ2v) is 6.93. The highest BCUT2D eigenvalue weighted by Gasteiger charge is 2.51. The third kappa shape index (κ3) is 3.31. The second-order valence-electron chi connectivity index (χ2n) is 6.93. The molecule has 1 aromatic carbocycles.